The summed E-state index contributed by atoms with van der Waals surface area (Å²) in [6.45, 7) is 4.07. The van der Waals surface area contributed by atoms with E-state index < -0.39 is 0 Å². The molecule has 1 aromatic heterocycles. The predicted molar refractivity (Wildman–Crippen MR) is 110 cm³/mol. The lowest BCUT2D eigenvalue weighted by atomic mass is 9.93. The highest BCUT2D eigenvalue weighted by Crippen LogP contribution is 2.46. The van der Waals surface area contributed by atoms with Crippen molar-refractivity contribution in [2.45, 2.75) is 31.7 Å². The van der Waals surface area contributed by atoms with Crippen LogP contribution in [0.1, 0.15) is 25.7 Å². The molecule has 0 spiro atoms. The van der Waals surface area contributed by atoms with Gasteiger partial charge in [-0.05, 0) is 37.2 Å². The van der Waals surface area contributed by atoms with E-state index in [2.05, 4.69) is 14.8 Å². The summed E-state index contributed by atoms with van der Waals surface area (Å²) in [5, 5.41) is 0.794. The molecule has 2 heterocycles. The van der Waals surface area contributed by atoms with Crippen LogP contribution in [0.5, 0.6) is 11.5 Å². The first kappa shape index (κ1) is 17.8. The highest BCUT2D eigenvalue weighted by atomic mass is 16.5. The summed E-state index contributed by atoms with van der Waals surface area (Å²) < 4.78 is 10.8. The SMILES string of the molecule is COc1cc2nc(N3CCN(C4CC5CCC4C5)CC3)nc(N)c2cc1OC. The van der Waals surface area contributed by atoms with E-state index in [-0.39, 0.29) is 0 Å². The van der Waals surface area contributed by atoms with Crippen LogP contribution in [-0.4, -0.2) is 61.3 Å². The summed E-state index contributed by atoms with van der Waals surface area (Å²) in [6.07, 6.45) is 5.76. The fourth-order valence-electron chi connectivity index (χ4n) is 5.52. The second-order valence-corrected chi connectivity index (χ2v) is 8.40. The van der Waals surface area contributed by atoms with Gasteiger partial charge < -0.3 is 20.1 Å². The monoisotopic (exact) mass is 383 g/mol. The van der Waals surface area contributed by atoms with Gasteiger partial charge in [0.2, 0.25) is 5.95 Å². The maximum atomic E-state index is 6.26. The van der Waals surface area contributed by atoms with Gasteiger partial charge in [-0.25, -0.2) is 4.98 Å². The van der Waals surface area contributed by atoms with Gasteiger partial charge in [-0.15, -0.1) is 0 Å². The van der Waals surface area contributed by atoms with E-state index in [4.69, 9.17) is 20.2 Å². The molecule has 0 radical (unpaired) electrons. The topological polar surface area (TPSA) is 76.7 Å². The summed E-state index contributed by atoms with van der Waals surface area (Å²) in [4.78, 5) is 14.3. The van der Waals surface area contributed by atoms with Gasteiger partial charge in [-0.1, -0.05) is 6.42 Å². The Hall–Kier alpha value is -2.28. The largest absolute Gasteiger partial charge is 0.493 e. The lowest BCUT2D eigenvalue weighted by Gasteiger charge is -2.41. The van der Waals surface area contributed by atoms with Crippen molar-refractivity contribution in [3.8, 4) is 11.5 Å². The highest BCUT2D eigenvalue weighted by Gasteiger charge is 2.42. The third-order valence-electron chi connectivity index (χ3n) is 6.99. The summed E-state index contributed by atoms with van der Waals surface area (Å²) in [5.41, 5.74) is 7.05. The van der Waals surface area contributed by atoms with Crippen molar-refractivity contribution in [3.05, 3.63) is 12.1 Å². The van der Waals surface area contributed by atoms with Gasteiger partial charge in [0, 0.05) is 43.7 Å². The quantitative estimate of drug-likeness (QED) is 0.869. The number of piperazine rings is 1. The number of aromatic nitrogens is 2. The Labute approximate surface area is 165 Å². The molecule has 2 aliphatic carbocycles. The van der Waals surface area contributed by atoms with Crippen LogP contribution in [0.15, 0.2) is 12.1 Å². The molecule has 7 heteroatoms. The van der Waals surface area contributed by atoms with Crippen molar-refractivity contribution in [2.24, 2.45) is 11.8 Å². The summed E-state index contributed by atoms with van der Waals surface area (Å²) in [7, 11) is 3.24. The molecule has 7 nitrogen and oxygen atoms in total. The van der Waals surface area contributed by atoms with E-state index in [1.807, 2.05) is 12.1 Å². The molecule has 2 aromatic rings. The standard InChI is InChI=1S/C21H29N5O2/c1-27-18-11-15-16(12-19(18)28-2)23-21(24-20(15)22)26-7-5-25(6-8-26)17-10-13-3-4-14(17)9-13/h11-14,17H,3-10H2,1-2H3,(H2,22,23,24). The second-order valence-electron chi connectivity index (χ2n) is 8.40. The second kappa shape index (κ2) is 6.95. The zero-order valence-corrected chi connectivity index (χ0v) is 16.7. The molecular formula is C21H29N5O2. The van der Waals surface area contributed by atoms with Crippen molar-refractivity contribution in [3.63, 3.8) is 0 Å². The first-order valence-electron chi connectivity index (χ1n) is 10.3. The molecule has 3 unspecified atom stereocenters. The Kier molecular flexibility index (Phi) is 4.42. The van der Waals surface area contributed by atoms with Crippen LogP contribution < -0.4 is 20.1 Å². The van der Waals surface area contributed by atoms with Crippen LogP contribution in [0, 0.1) is 11.8 Å². The normalized spacial score (nSPS) is 27.5. The fourth-order valence-corrected chi connectivity index (χ4v) is 5.52. The average molecular weight is 383 g/mol. The molecule has 5 rings (SSSR count). The molecule has 0 amide bonds. The lowest BCUT2D eigenvalue weighted by Crippen LogP contribution is -2.52. The molecule has 1 aliphatic heterocycles. The van der Waals surface area contributed by atoms with Gasteiger partial charge in [0.15, 0.2) is 11.5 Å². The molecule has 3 fully saturated rings. The first-order chi connectivity index (χ1) is 13.7. The number of ether oxygens (including phenoxy) is 2. The van der Waals surface area contributed by atoms with E-state index in [1.165, 1.54) is 25.7 Å². The van der Waals surface area contributed by atoms with Crippen molar-refractivity contribution in [1.29, 1.82) is 0 Å². The van der Waals surface area contributed by atoms with Crippen LogP contribution in [0.2, 0.25) is 0 Å². The molecule has 3 aliphatic rings. The Bertz CT molecular complexity index is 881. The fraction of sp³-hybridized carbons (Fsp3) is 0.619. The molecule has 28 heavy (non-hydrogen) atoms. The number of benzene rings is 1. The van der Waals surface area contributed by atoms with Crippen molar-refractivity contribution in [1.82, 2.24) is 14.9 Å². The first-order valence-corrected chi connectivity index (χ1v) is 10.3. The van der Waals surface area contributed by atoms with Gasteiger partial charge >= 0.3 is 0 Å². The Morgan fingerprint density at radius 1 is 0.964 bits per heavy atom. The smallest absolute Gasteiger partial charge is 0.227 e. The van der Waals surface area contributed by atoms with Crippen LogP contribution in [-0.2, 0) is 0 Å². The predicted octanol–water partition coefficient (Wildman–Crippen LogP) is 2.54. The number of nitrogens with two attached hydrogens (primary N) is 1. The van der Waals surface area contributed by atoms with Crippen molar-refractivity contribution in [2.75, 3.05) is 51.0 Å². The number of rotatable bonds is 4. The van der Waals surface area contributed by atoms with Crippen LogP contribution in [0.25, 0.3) is 10.9 Å². The highest BCUT2D eigenvalue weighted by molar-refractivity contribution is 5.91. The van der Waals surface area contributed by atoms with Gasteiger partial charge in [0.25, 0.3) is 0 Å². The van der Waals surface area contributed by atoms with E-state index in [0.29, 0.717) is 23.3 Å². The average Bonchev–Trinajstić information content (AvgIpc) is 3.36. The maximum absolute atomic E-state index is 6.26. The minimum absolute atomic E-state index is 0.483. The molecule has 1 aromatic carbocycles. The van der Waals surface area contributed by atoms with Gasteiger partial charge in [0.05, 0.1) is 19.7 Å². The van der Waals surface area contributed by atoms with Gasteiger partial charge in [-0.3, -0.25) is 4.90 Å². The zero-order chi connectivity index (χ0) is 19.3. The Balaban J connectivity index is 1.35. The molecule has 2 bridgehead atoms. The number of fused-ring (bicyclic) bond motifs is 3. The van der Waals surface area contributed by atoms with Crippen LogP contribution in [0.4, 0.5) is 11.8 Å². The van der Waals surface area contributed by atoms with E-state index >= 15 is 0 Å². The number of hydrogen-bond donors (Lipinski definition) is 1. The number of nitrogens with zero attached hydrogens (tertiary/aromatic N) is 4. The number of hydrogen-bond acceptors (Lipinski definition) is 7. The molecular weight excluding hydrogens is 354 g/mol. The van der Waals surface area contributed by atoms with E-state index in [1.54, 1.807) is 14.2 Å². The van der Waals surface area contributed by atoms with E-state index in [9.17, 15) is 0 Å². The molecule has 150 valence electrons. The number of nitrogen functional groups attached to an aromatic ring is 1. The molecule has 2 N–H and O–H groups in total. The Morgan fingerprint density at radius 3 is 2.36 bits per heavy atom. The summed E-state index contributed by atoms with van der Waals surface area (Å²) >= 11 is 0. The molecule has 1 saturated heterocycles. The minimum atomic E-state index is 0.483. The number of anilines is 2. The lowest BCUT2D eigenvalue weighted by molar-refractivity contribution is 0.134. The molecule has 3 atom stereocenters. The third-order valence-corrected chi connectivity index (χ3v) is 6.99. The van der Waals surface area contributed by atoms with E-state index in [0.717, 1.165) is 55.0 Å². The van der Waals surface area contributed by atoms with Crippen molar-refractivity contribution >= 4 is 22.7 Å². The number of methoxy groups -OCH3 is 2. The molecule has 2 saturated carbocycles. The van der Waals surface area contributed by atoms with Gasteiger partial charge in [0.1, 0.15) is 5.82 Å². The Morgan fingerprint density at radius 2 is 1.71 bits per heavy atom. The zero-order valence-electron chi connectivity index (χ0n) is 16.7. The van der Waals surface area contributed by atoms with Gasteiger partial charge in [-0.2, -0.15) is 4.98 Å². The third kappa shape index (κ3) is 2.92. The maximum Gasteiger partial charge on any atom is 0.227 e. The van der Waals surface area contributed by atoms with Crippen LogP contribution in [0.3, 0.4) is 0 Å². The summed E-state index contributed by atoms with van der Waals surface area (Å²) in [6, 6.07) is 4.53. The summed E-state index contributed by atoms with van der Waals surface area (Å²) in [5.74, 6) is 4.41. The minimum Gasteiger partial charge on any atom is -0.493 e. The van der Waals surface area contributed by atoms with Crippen molar-refractivity contribution < 1.29 is 9.47 Å². The van der Waals surface area contributed by atoms with Crippen LogP contribution >= 0.6 is 0 Å².